The minimum Gasteiger partial charge on any atom is -0.494 e. The summed E-state index contributed by atoms with van der Waals surface area (Å²) in [6.45, 7) is 9.97. The molecule has 0 radical (unpaired) electrons. The molecule has 3 rings (SSSR count). The predicted molar refractivity (Wildman–Crippen MR) is 187 cm³/mol. The lowest BCUT2D eigenvalue weighted by atomic mass is 10.0. The molecule has 0 amide bonds. The highest BCUT2D eigenvalue weighted by Gasteiger charge is 2.16. The fourth-order valence-corrected chi connectivity index (χ4v) is 4.69. The van der Waals surface area contributed by atoms with E-state index in [4.69, 9.17) is 23.7 Å². The molecule has 0 fully saturated rings. The quantitative estimate of drug-likeness (QED) is 0.0261. The van der Waals surface area contributed by atoms with Gasteiger partial charge < -0.3 is 23.7 Å². The number of aryl methyl sites for hydroxylation is 1. The predicted octanol–water partition coefficient (Wildman–Crippen LogP) is 7.56. The number of carbonyl (C=O) groups excluding carboxylic acids is 5. The molecule has 0 bridgehead atoms. The van der Waals surface area contributed by atoms with E-state index in [1.807, 2.05) is 0 Å². The van der Waals surface area contributed by atoms with Gasteiger partial charge in [-0.25, -0.2) is 19.2 Å². The zero-order valence-corrected chi connectivity index (χ0v) is 28.5. The average molecular weight is 685 g/mol. The molecule has 0 heterocycles. The highest BCUT2D eigenvalue weighted by molar-refractivity contribution is 6.09. The normalized spacial score (nSPS) is 10.4. The number of ketones is 1. The summed E-state index contributed by atoms with van der Waals surface area (Å²) in [6.07, 6.45) is 8.85. The van der Waals surface area contributed by atoms with Gasteiger partial charge in [0.15, 0.2) is 5.78 Å². The van der Waals surface area contributed by atoms with Gasteiger partial charge in [-0.1, -0.05) is 13.2 Å². The molecule has 0 N–H and O–H groups in total. The van der Waals surface area contributed by atoms with Crippen molar-refractivity contribution < 1.29 is 47.7 Å². The Labute approximate surface area is 293 Å². The van der Waals surface area contributed by atoms with Crippen LogP contribution in [0.3, 0.4) is 0 Å². The SMILES string of the molecule is C=CC(=O)OCCCCCCOC(=O)c1ccc(C(=O)Oc2ccc(C(=O)c3ccc(OCCCCCCOC(=O)C=C)cc3)cc2C)cc1. The van der Waals surface area contributed by atoms with Crippen molar-refractivity contribution in [1.29, 1.82) is 0 Å². The summed E-state index contributed by atoms with van der Waals surface area (Å²) in [6, 6.07) is 17.8. The Balaban J connectivity index is 1.39. The highest BCUT2D eigenvalue weighted by Crippen LogP contribution is 2.23. The lowest BCUT2D eigenvalue weighted by Gasteiger charge is -2.10. The summed E-state index contributed by atoms with van der Waals surface area (Å²) in [7, 11) is 0. The van der Waals surface area contributed by atoms with Crippen LogP contribution >= 0.6 is 0 Å². The van der Waals surface area contributed by atoms with E-state index in [0.29, 0.717) is 60.0 Å². The van der Waals surface area contributed by atoms with Crippen LogP contribution in [0.5, 0.6) is 11.5 Å². The lowest BCUT2D eigenvalue weighted by molar-refractivity contribution is -0.138. The van der Waals surface area contributed by atoms with Gasteiger partial charge in [0.25, 0.3) is 0 Å². The summed E-state index contributed by atoms with van der Waals surface area (Å²) in [5, 5.41) is 0. The number of ether oxygens (including phenoxy) is 5. The third-order valence-corrected chi connectivity index (χ3v) is 7.51. The van der Waals surface area contributed by atoms with E-state index in [0.717, 1.165) is 57.1 Å². The third kappa shape index (κ3) is 13.5. The molecule has 0 aliphatic carbocycles. The smallest absolute Gasteiger partial charge is 0.343 e. The van der Waals surface area contributed by atoms with Crippen molar-refractivity contribution in [2.75, 3.05) is 26.4 Å². The number of hydrogen-bond donors (Lipinski definition) is 0. The molecule has 0 aliphatic heterocycles. The number of benzene rings is 3. The van der Waals surface area contributed by atoms with Crippen LogP contribution in [0.1, 0.15) is 93.6 Å². The highest BCUT2D eigenvalue weighted by atomic mass is 16.5. The molecule has 0 unspecified atom stereocenters. The van der Waals surface area contributed by atoms with E-state index in [1.165, 1.54) is 24.3 Å². The topological polar surface area (TPSA) is 132 Å². The number of rotatable bonds is 22. The molecule has 264 valence electrons. The summed E-state index contributed by atoms with van der Waals surface area (Å²) < 4.78 is 26.5. The standard InChI is InChI=1S/C40H44O10/c1-4-36(41)47-25-11-7-6-10-24-46-34-21-18-30(19-22-34)38(43)33-20-23-35(29(3)28-33)50-40(45)32-16-14-31(15-17-32)39(44)49-27-13-9-8-12-26-48-37(42)5-2/h4-5,14-23,28H,1-2,6-13,24-27H2,3H3. The number of esters is 4. The van der Waals surface area contributed by atoms with Gasteiger partial charge in [0, 0.05) is 23.3 Å². The first-order chi connectivity index (χ1) is 24.2. The van der Waals surface area contributed by atoms with Gasteiger partial charge in [-0.2, -0.15) is 0 Å². The van der Waals surface area contributed by atoms with Crippen molar-refractivity contribution in [3.63, 3.8) is 0 Å². The maximum absolute atomic E-state index is 13.1. The van der Waals surface area contributed by atoms with Crippen LogP contribution in [0.4, 0.5) is 0 Å². The van der Waals surface area contributed by atoms with Crippen molar-refractivity contribution in [2.45, 2.75) is 58.3 Å². The Morgan fingerprint density at radius 1 is 0.540 bits per heavy atom. The van der Waals surface area contributed by atoms with Crippen LogP contribution in [0.25, 0.3) is 0 Å². The summed E-state index contributed by atoms with van der Waals surface area (Å²) in [5.74, 6) is -1.13. The second-order valence-corrected chi connectivity index (χ2v) is 11.4. The van der Waals surface area contributed by atoms with E-state index in [9.17, 15) is 24.0 Å². The molecule has 10 heteroatoms. The number of carbonyl (C=O) groups is 5. The molecule has 0 saturated heterocycles. The summed E-state index contributed by atoms with van der Waals surface area (Å²) in [4.78, 5) is 60.3. The molecule has 0 saturated carbocycles. The maximum atomic E-state index is 13.1. The molecule has 0 atom stereocenters. The molecule has 0 aromatic heterocycles. The summed E-state index contributed by atoms with van der Waals surface area (Å²) in [5.41, 5.74) is 2.13. The van der Waals surface area contributed by atoms with Crippen LogP contribution in [0, 0.1) is 6.92 Å². The van der Waals surface area contributed by atoms with Gasteiger partial charge >= 0.3 is 23.9 Å². The van der Waals surface area contributed by atoms with E-state index in [-0.39, 0.29) is 18.0 Å². The molecule has 3 aromatic carbocycles. The van der Waals surface area contributed by atoms with E-state index in [1.54, 1.807) is 49.4 Å². The maximum Gasteiger partial charge on any atom is 0.343 e. The van der Waals surface area contributed by atoms with E-state index in [2.05, 4.69) is 13.2 Å². The fraction of sp³-hybridized carbons (Fsp3) is 0.325. The largest absolute Gasteiger partial charge is 0.494 e. The molecule has 3 aromatic rings. The Kier molecular flexibility index (Phi) is 16.7. The second-order valence-electron chi connectivity index (χ2n) is 11.4. The van der Waals surface area contributed by atoms with E-state index >= 15 is 0 Å². The van der Waals surface area contributed by atoms with Crippen molar-refractivity contribution in [2.24, 2.45) is 0 Å². The fourth-order valence-electron chi connectivity index (χ4n) is 4.69. The van der Waals surface area contributed by atoms with Crippen LogP contribution in [0.15, 0.2) is 92.0 Å². The zero-order chi connectivity index (χ0) is 36.1. The average Bonchev–Trinajstić information content (AvgIpc) is 3.14. The first-order valence-electron chi connectivity index (χ1n) is 16.7. The van der Waals surface area contributed by atoms with Crippen molar-refractivity contribution in [3.8, 4) is 11.5 Å². The zero-order valence-electron chi connectivity index (χ0n) is 28.5. The molecular weight excluding hydrogens is 640 g/mol. The first kappa shape index (κ1) is 38.9. The molecular formula is C40H44O10. The van der Waals surface area contributed by atoms with Crippen LogP contribution in [0.2, 0.25) is 0 Å². The van der Waals surface area contributed by atoms with Crippen molar-refractivity contribution in [3.05, 3.63) is 120 Å². The van der Waals surface area contributed by atoms with Crippen molar-refractivity contribution in [1.82, 2.24) is 0 Å². The van der Waals surface area contributed by atoms with E-state index < -0.39 is 23.9 Å². The van der Waals surface area contributed by atoms with Crippen molar-refractivity contribution >= 4 is 29.7 Å². The van der Waals surface area contributed by atoms with Gasteiger partial charge in [0.1, 0.15) is 11.5 Å². The monoisotopic (exact) mass is 684 g/mol. The van der Waals surface area contributed by atoms with Crippen LogP contribution in [-0.4, -0.2) is 56.1 Å². The Bertz CT molecular complexity index is 1610. The second kappa shape index (κ2) is 21.5. The minimum absolute atomic E-state index is 0.177. The third-order valence-electron chi connectivity index (χ3n) is 7.51. The van der Waals surface area contributed by atoms with Gasteiger partial charge in [-0.15, -0.1) is 0 Å². The Morgan fingerprint density at radius 3 is 1.52 bits per heavy atom. The van der Waals surface area contributed by atoms with Gasteiger partial charge in [0.05, 0.1) is 37.6 Å². The van der Waals surface area contributed by atoms with Gasteiger partial charge in [0.2, 0.25) is 0 Å². The number of hydrogen-bond acceptors (Lipinski definition) is 10. The lowest BCUT2D eigenvalue weighted by Crippen LogP contribution is -2.11. The number of unbranched alkanes of at least 4 members (excludes halogenated alkanes) is 6. The van der Waals surface area contributed by atoms with Gasteiger partial charge in [-0.3, -0.25) is 4.79 Å². The molecule has 0 spiro atoms. The summed E-state index contributed by atoms with van der Waals surface area (Å²) >= 11 is 0. The van der Waals surface area contributed by atoms with Crippen LogP contribution < -0.4 is 9.47 Å². The first-order valence-corrected chi connectivity index (χ1v) is 16.7. The molecule has 10 nitrogen and oxygen atoms in total. The van der Waals surface area contributed by atoms with Gasteiger partial charge in [-0.05, 0) is 131 Å². The van der Waals surface area contributed by atoms with Crippen LogP contribution in [-0.2, 0) is 23.8 Å². The molecule has 50 heavy (non-hydrogen) atoms. The Hall–Kier alpha value is -5.51. The molecule has 0 aliphatic rings. The Morgan fingerprint density at radius 2 is 1.00 bits per heavy atom. The minimum atomic E-state index is -0.601.